The lowest BCUT2D eigenvalue weighted by molar-refractivity contribution is -0.114. The zero-order valence-electron chi connectivity index (χ0n) is 15.1. The Hall–Kier alpha value is -1.29. The van der Waals surface area contributed by atoms with Gasteiger partial charge in [0.2, 0.25) is 0 Å². The molecule has 2 aromatic carbocycles. The van der Waals surface area contributed by atoms with Crippen molar-refractivity contribution < 1.29 is 4.79 Å². The third kappa shape index (κ3) is 3.65. The van der Waals surface area contributed by atoms with E-state index in [1.807, 2.05) is 24.3 Å². The Morgan fingerprint density at radius 3 is 1.64 bits per heavy atom. The average molecular weight is 453 g/mol. The van der Waals surface area contributed by atoms with E-state index < -0.39 is 0 Å². The second-order valence-corrected chi connectivity index (χ2v) is 8.82. The molecule has 0 aromatic heterocycles. The SMILES string of the molecule is CN1C2CCC1/C(=C\c1ccc(Cl)cc1Cl)C(=O)/C2=C/c1ccc(Cl)cc1Cl. The maximum atomic E-state index is 13.4. The van der Waals surface area contributed by atoms with Gasteiger partial charge in [-0.3, -0.25) is 9.69 Å². The van der Waals surface area contributed by atoms with Gasteiger partial charge >= 0.3 is 0 Å². The summed E-state index contributed by atoms with van der Waals surface area (Å²) in [6.45, 7) is 0. The van der Waals surface area contributed by atoms with Crippen LogP contribution in [-0.2, 0) is 4.79 Å². The number of carbonyl (C=O) groups is 1. The minimum absolute atomic E-state index is 0.0441. The fourth-order valence-electron chi connectivity index (χ4n) is 4.05. The number of ketones is 1. The molecule has 0 spiro atoms. The highest BCUT2D eigenvalue weighted by atomic mass is 35.5. The molecule has 28 heavy (non-hydrogen) atoms. The topological polar surface area (TPSA) is 20.3 Å². The lowest BCUT2D eigenvalue weighted by atomic mass is 9.88. The largest absolute Gasteiger partial charge is 0.292 e. The Kier molecular flexibility index (Phi) is 5.61. The third-order valence-corrected chi connectivity index (χ3v) is 6.61. The van der Waals surface area contributed by atoms with Crippen molar-refractivity contribution in [2.75, 3.05) is 7.05 Å². The van der Waals surface area contributed by atoms with Crippen LogP contribution in [0.25, 0.3) is 12.2 Å². The molecule has 6 heteroatoms. The van der Waals surface area contributed by atoms with Crippen LogP contribution in [0, 0.1) is 0 Å². The van der Waals surface area contributed by atoms with Gasteiger partial charge in [-0.05, 0) is 67.4 Å². The summed E-state index contributed by atoms with van der Waals surface area (Å²) in [4.78, 5) is 15.7. The summed E-state index contributed by atoms with van der Waals surface area (Å²) in [5, 5.41) is 2.19. The molecule has 2 aliphatic heterocycles. The Morgan fingerprint density at radius 2 is 1.25 bits per heavy atom. The molecule has 2 nitrogen and oxygen atoms in total. The van der Waals surface area contributed by atoms with Crippen molar-refractivity contribution in [3.8, 4) is 0 Å². The van der Waals surface area contributed by atoms with Crippen molar-refractivity contribution in [3.05, 3.63) is 78.8 Å². The highest BCUT2D eigenvalue weighted by Crippen LogP contribution is 2.41. The minimum atomic E-state index is 0.0441. The van der Waals surface area contributed by atoms with Crippen molar-refractivity contribution >= 4 is 64.3 Å². The molecule has 0 saturated carbocycles. The molecule has 2 unspecified atom stereocenters. The summed E-state index contributed by atoms with van der Waals surface area (Å²) in [6.07, 6.45) is 5.63. The van der Waals surface area contributed by atoms with E-state index in [0.717, 1.165) is 35.1 Å². The summed E-state index contributed by atoms with van der Waals surface area (Å²) >= 11 is 24.7. The van der Waals surface area contributed by atoms with Gasteiger partial charge in [0, 0.05) is 43.3 Å². The average Bonchev–Trinajstić information content (AvgIpc) is 2.94. The fourth-order valence-corrected chi connectivity index (χ4v) is 4.98. The van der Waals surface area contributed by atoms with Gasteiger partial charge in [-0.15, -0.1) is 0 Å². The van der Waals surface area contributed by atoms with Crippen LogP contribution in [0.4, 0.5) is 0 Å². The first-order valence-corrected chi connectivity index (χ1v) is 10.5. The van der Waals surface area contributed by atoms with Crippen LogP contribution < -0.4 is 0 Å². The first-order chi connectivity index (χ1) is 13.3. The second-order valence-electron chi connectivity index (χ2n) is 7.13. The van der Waals surface area contributed by atoms with Crippen LogP contribution >= 0.6 is 46.4 Å². The monoisotopic (exact) mass is 451 g/mol. The number of hydrogen-bond acceptors (Lipinski definition) is 2. The van der Waals surface area contributed by atoms with E-state index in [0.29, 0.717) is 20.1 Å². The van der Waals surface area contributed by atoms with E-state index in [9.17, 15) is 4.79 Å². The quantitative estimate of drug-likeness (QED) is 0.466. The van der Waals surface area contributed by atoms with Gasteiger partial charge in [-0.2, -0.15) is 0 Å². The van der Waals surface area contributed by atoms with E-state index >= 15 is 0 Å². The van der Waals surface area contributed by atoms with Gasteiger partial charge in [0.05, 0.1) is 0 Å². The molecule has 0 N–H and O–H groups in total. The smallest absolute Gasteiger partial charge is 0.188 e. The number of piperidine rings is 1. The van der Waals surface area contributed by atoms with Gasteiger partial charge in [0.15, 0.2) is 5.78 Å². The van der Waals surface area contributed by atoms with Crippen LogP contribution in [0.1, 0.15) is 24.0 Å². The van der Waals surface area contributed by atoms with Gasteiger partial charge in [-0.1, -0.05) is 58.5 Å². The highest BCUT2D eigenvalue weighted by Gasteiger charge is 2.44. The van der Waals surface area contributed by atoms with Crippen molar-refractivity contribution in [3.63, 3.8) is 0 Å². The van der Waals surface area contributed by atoms with Gasteiger partial charge in [-0.25, -0.2) is 0 Å². The number of halogens is 4. The molecule has 2 heterocycles. The summed E-state index contributed by atoms with van der Waals surface area (Å²) in [5.41, 5.74) is 3.07. The third-order valence-electron chi connectivity index (χ3n) is 5.49. The molecule has 2 atom stereocenters. The van der Waals surface area contributed by atoms with E-state index in [1.54, 1.807) is 24.3 Å². The molecule has 0 aliphatic carbocycles. The minimum Gasteiger partial charge on any atom is -0.292 e. The molecule has 2 aromatic rings. The predicted molar refractivity (Wildman–Crippen MR) is 118 cm³/mol. The predicted octanol–water partition coefficient (Wildman–Crippen LogP) is 6.81. The Bertz CT molecular complexity index is 948. The standard InChI is InChI=1S/C22H17Cl4NO/c1-27-20-6-7-21(27)17(9-13-3-5-15(24)11-19(13)26)22(28)16(20)8-12-2-4-14(23)10-18(12)25/h2-5,8-11,20-21H,6-7H2,1H3/b16-8+,17-9+. The van der Waals surface area contributed by atoms with Crippen LogP contribution in [0.15, 0.2) is 47.5 Å². The first-order valence-electron chi connectivity index (χ1n) is 8.95. The number of hydrogen-bond donors (Lipinski definition) is 0. The number of carbonyl (C=O) groups excluding carboxylic acids is 1. The number of benzene rings is 2. The number of likely N-dealkylation sites (N-methyl/N-ethyl adjacent to an activating group) is 1. The molecular formula is C22H17Cl4NO. The van der Waals surface area contributed by atoms with E-state index in [1.165, 1.54) is 0 Å². The zero-order chi connectivity index (χ0) is 20.0. The molecule has 2 fully saturated rings. The number of fused-ring (bicyclic) bond motifs is 2. The normalized spacial score (nSPS) is 25.1. The van der Waals surface area contributed by atoms with E-state index in [4.69, 9.17) is 46.4 Å². The van der Waals surface area contributed by atoms with Crippen molar-refractivity contribution in [2.24, 2.45) is 0 Å². The molecule has 2 bridgehead atoms. The molecule has 0 amide bonds. The number of nitrogens with zero attached hydrogens (tertiary/aromatic N) is 1. The Balaban J connectivity index is 1.80. The molecule has 2 aliphatic rings. The maximum Gasteiger partial charge on any atom is 0.188 e. The fraction of sp³-hybridized carbons (Fsp3) is 0.227. The van der Waals surface area contributed by atoms with Gasteiger partial charge in [0.1, 0.15) is 0 Å². The molecular weight excluding hydrogens is 436 g/mol. The zero-order valence-corrected chi connectivity index (χ0v) is 18.1. The number of Topliss-reactive ketones (excluding diaryl/α,β-unsaturated/α-hetero) is 1. The van der Waals surface area contributed by atoms with Crippen molar-refractivity contribution in [2.45, 2.75) is 24.9 Å². The number of rotatable bonds is 2. The van der Waals surface area contributed by atoms with E-state index in [2.05, 4.69) is 11.9 Å². The Labute approximate surface area is 184 Å². The maximum absolute atomic E-state index is 13.4. The lowest BCUT2D eigenvalue weighted by Gasteiger charge is -2.34. The highest BCUT2D eigenvalue weighted by molar-refractivity contribution is 6.36. The summed E-state index contributed by atoms with van der Waals surface area (Å²) < 4.78 is 0. The van der Waals surface area contributed by atoms with Gasteiger partial charge < -0.3 is 0 Å². The summed E-state index contributed by atoms with van der Waals surface area (Å²) in [5.74, 6) is 0.0441. The van der Waals surface area contributed by atoms with Crippen LogP contribution in [0.2, 0.25) is 20.1 Å². The molecule has 4 rings (SSSR count). The first kappa shape index (κ1) is 20.0. The van der Waals surface area contributed by atoms with Crippen molar-refractivity contribution in [1.29, 1.82) is 0 Å². The molecule has 144 valence electrons. The lowest BCUT2D eigenvalue weighted by Crippen LogP contribution is -2.43. The van der Waals surface area contributed by atoms with Crippen LogP contribution in [0.5, 0.6) is 0 Å². The summed E-state index contributed by atoms with van der Waals surface area (Å²) in [7, 11) is 2.06. The van der Waals surface area contributed by atoms with Gasteiger partial charge in [0.25, 0.3) is 0 Å². The Morgan fingerprint density at radius 1 is 0.821 bits per heavy atom. The van der Waals surface area contributed by atoms with Crippen LogP contribution in [0.3, 0.4) is 0 Å². The molecule has 0 radical (unpaired) electrons. The van der Waals surface area contributed by atoms with Crippen LogP contribution in [-0.4, -0.2) is 29.8 Å². The second kappa shape index (κ2) is 7.85. The van der Waals surface area contributed by atoms with E-state index in [-0.39, 0.29) is 17.9 Å². The summed E-state index contributed by atoms with van der Waals surface area (Å²) in [6, 6.07) is 10.8. The van der Waals surface area contributed by atoms with Crippen molar-refractivity contribution in [1.82, 2.24) is 4.90 Å². The molecule has 2 saturated heterocycles.